The molecule has 0 amide bonds. The van der Waals surface area contributed by atoms with Gasteiger partial charge in [0.15, 0.2) is 5.66 Å². The van der Waals surface area contributed by atoms with Gasteiger partial charge in [0.25, 0.3) is 0 Å². The zero-order valence-electron chi connectivity index (χ0n) is 12.9. The average Bonchev–Trinajstić information content (AvgIpc) is 2.41. The van der Waals surface area contributed by atoms with E-state index in [4.69, 9.17) is 21.0 Å². The molecule has 0 unspecified atom stereocenters. The van der Waals surface area contributed by atoms with Crippen molar-refractivity contribution in [3.8, 4) is 5.75 Å². The van der Waals surface area contributed by atoms with Crippen LogP contribution in [0, 0.1) is 0 Å². The summed E-state index contributed by atoms with van der Waals surface area (Å²) in [5.74, 6) is 1.20. The fraction of sp³-hybridized carbons (Fsp3) is 0.429. The minimum atomic E-state index is -0.671. The van der Waals surface area contributed by atoms with Crippen molar-refractivity contribution in [2.45, 2.75) is 25.9 Å². The Balaban J connectivity index is 0.00000242. The first-order chi connectivity index (χ1) is 9.92. The summed E-state index contributed by atoms with van der Waals surface area (Å²) in [5.41, 5.74) is 11.9. The maximum atomic E-state index is 5.84. The molecule has 0 bridgehead atoms. The van der Waals surface area contributed by atoms with Crippen LogP contribution in [0.5, 0.6) is 5.75 Å². The zero-order valence-corrected chi connectivity index (χ0v) is 14.7. The Hall–Kier alpha value is -1.80. The Morgan fingerprint density at radius 2 is 1.82 bits per heavy atom. The van der Waals surface area contributed by atoms with E-state index < -0.39 is 5.66 Å². The van der Waals surface area contributed by atoms with Crippen molar-refractivity contribution in [2.24, 2.45) is 21.5 Å². The summed E-state index contributed by atoms with van der Waals surface area (Å²) in [6.07, 6.45) is 0.739. The first kappa shape index (κ1) is 18.2. The lowest BCUT2D eigenvalue weighted by Gasteiger charge is -2.36. The number of hydrogen-bond donors (Lipinski definition) is 2. The summed E-state index contributed by atoms with van der Waals surface area (Å²) in [5, 5.41) is 1.48. The molecule has 2 rings (SSSR count). The topological polar surface area (TPSA) is 98.5 Å². The third kappa shape index (κ3) is 4.35. The molecular formula is C14H22BrN5O2. The third-order valence-corrected chi connectivity index (χ3v) is 3.09. The second kappa shape index (κ2) is 7.46. The van der Waals surface area contributed by atoms with Gasteiger partial charge in [-0.3, -0.25) is 4.84 Å². The summed E-state index contributed by atoms with van der Waals surface area (Å²) in [7, 11) is 1.64. The fourth-order valence-electron chi connectivity index (χ4n) is 2.06. The van der Waals surface area contributed by atoms with E-state index in [1.54, 1.807) is 7.11 Å². The third-order valence-electron chi connectivity index (χ3n) is 3.09. The smallest absolute Gasteiger partial charge is 0.226 e. The molecule has 0 radical (unpaired) electrons. The van der Waals surface area contributed by atoms with E-state index in [2.05, 4.69) is 9.98 Å². The molecule has 0 aliphatic carbocycles. The SMILES string of the molecule is Br.COc1ccc(CCON2C(N)=NC(N)=NC2(C)C)cc1. The van der Waals surface area contributed by atoms with Gasteiger partial charge in [0.2, 0.25) is 11.9 Å². The van der Waals surface area contributed by atoms with E-state index in [1.165, 1.54) is 5.06 Å². The second-order valence-electron chi connectivity index (χ2n) is 5.16. The average molecular weight is 372 g/mol. The molecule has 1 aliphatic heterocycles. The van der Waals surface area contributed by atoms with Crippen molar-refractivity contribution in [2.75, 3.05) is 13.7 Å². The highest BCUT2D eigenvalue weighted by Gasteiger charge is 2.32. The Bertz CT molecular complexity index is 557. The minimum Gasteiger partial charge on any atom is -0.497 e. The molecule has 7 nitrogen and oxygen atoms in total. The lowest BCUT2D eigenvalue weighted by Crippen LogP contribution is -2.53. The number of ether oxygens (including phenoxy) is 1. The Morgan fingerprint density at radius 1 is 1.18 bits per heavy atom. The molecule has 1 aliphatic rings. The van der Waals surface area contributed by atoms with Gasteiger partial charge in [-0.1, -0.05) is 12.1 Å². The number of benzene rings is 1. The number of aliphatic imine (C=N–C) groups is 2. The van der Waals surface area contributed by atoms with Crippen molar-refractivity contribution in [1.29, 1.82) is 0 Å². The van der Waals surface area contributed by atoms with Gasteiger partial charge in [0.05, 0.1) is 13.7 Å². The predicted molar refractivity (Wildman–Crippen MR) is 92.1 cm³/mol. The van der Waals surface area contributed by atoms with Crippen LogP contribution < -0.4 is 16.2 Å². The molecule has 122 valence electrons. The van der Waals surface area contributed by atoms with Gasteiger partial charge < -0.3 is 16.2 Å². The largest absolute Gasteiger partial charge is 0.497 e. The monoisotopic (exact) mass is 371 g/mol. The maximum Gasteiger partial charge on any atom is 0.226 e. The van der Waals surface area contributed by atoms with Gasteiger partial charge in [-0.25, -0.2) is 4.99 Å². The number of methoxy groups -OCH3 is 1. The molecule has 0 aromatic heterocycles. The van der Waals surface area contributed by atoms with Crippen LogP contribution in [-0.4, -0.2) is 36.4 Å². The first-order valence-electron chi connectivity index (χ1n) is 6.68. The van der Waals surface area contributed by atoms with Gasteiger partial charge in [-0.2, -0.15) is 10.1 Å². The highest BCUT2D eigenvalue weighted by atomic mass is 79.9. The van der Waals surface area contributed by atoms with Crippen LogP contribution in [-0.2, 0) is 11.3 Å². The second-order valence-corrected chi connectivity index (χ2v) is 5.16. The van der Waals surface area contributed by atoms with Crippen LogP contribution in [0.1, 0.15) is 19.4 Å². The van der Waals surface area contributed by atoms with Crippen molar-refractivity contribution in [3.63, 3.8) is 0 Å². The fourth-order valence-corrected chi connectivity index (χ4v) is 2.06. The summed E-state index contributed by atoms with van der Waals surface area (Å²) in [4.78, 5) is 13.8. The number of nitrogens with zero attached hydrogens (tertiary/aromatic N) is 3. The molecule has 8 heteroatoms. The number of rotatable bonds is 5. The van der Waals surface area contributed by atoms with Crippen LogP contribution in [0.2, 0.25) is 0 Å². The van der Waals surface area contributed by atoms with Crippen LogP contribution in [0.3, 0.4) is 0 Å². The van der Waals surface area contributed by atoms with Gasteiger partial charge in [0, 0.05) is 0 Å². The Morgan fingerprint density at radius 3 is 2.36 bits per heavy atom. The molecule has 1 heterocycles. The Labute approximate surface area is 140 Å². The van der Waals surface area contributed by atoms with E-state index in [9.17, 15) is 0 Å². The van der Waals surface area contributed by atoms with Gasteiger partial charge >= 0.3 is 0 Å². The lowest BCUT2D eigenvalue weighted by molar-refractivity contribution is -0.156. The van der Waals surface area contributed by atoms with E-state index in [0.29, 0.717) is 6.61 Å². The van der Waals surface area contributed by atoms with Crippen LogP contribution >= 0.6 is 17.0 Å². The summed E-state index contributed by atoms with van der Waals surface area (Å²) in [6, 6.07) is 7.83. The molecule has 0 fully saturated rings. The summed E-state index contributed by atoms with van der Waals surface area (Å²) < 4.78 is 5.12. The van der Waals surface area contributed by atoms with E-state index in [0.717, 1.165) is 17.7 Å². The molecule has 1 aromatic rings. The van der Waals surface area contributed by atoms with Gasteiger partial charge in [-0.05, 0) is 38.0 Å². The quantitative estimate of drug-likeness (QED) is 0.815. The van der Waals surface area contributed by atoms with Crippen LogP contribution in [0.15, 0.2) is 34.3 Å². The standard InChI is InChI=1S/C14H21N5O2.BrH/c1-14(2)18-12(15)17-13(16)19(14)21-9-8-10-4-6-11(20-3)7-5-10;/h4-7H,8-9H2,1-3H3,(H4,15,16,17,18);1H. The summed E-state index contributed by atoms with van der Waals surface area (Å²) in [6.45, 7) is 4.17. The van der Waals surface area contributed by atoms with E-state index in [1.807, 2.05) is 38.1 Å². The van der Waals surface area contributed by atoms with E-state index >= 15 is 0 Å². The van der Waals surface area contributed by atoms with Gasteiger partial charge in [-0.15, -0.1) is 17.0 Å². The van der Waals surface area contributed by atoms with Crippen molar-refractivity contribution in [3.05, 3.63) is 29.8 Å². The molecule has 22 heavy (non-hydrogen) atoms. The molecule has 1 aromatic carbocycles. The van der Waals surface area contributed by atoms with E-state index in [-0.39, 0.29) is 28.9 Å². The number of hydroxylamine groups is 2. The normalized spacial score (nSPS) is 16.4. The van der Waals surface area contributed by atoms with Crippen molar-refractivity contribution < 1.29 is 9.57 Å². The molecular weight excluding hydrogens is 350 g/mol. The Kier molecular flexibility index (Phi) is 6.19. The number of guanidine groups is 2. The van der Waals surface area contributed by atoms with Crippen molar-refractivity contribution in [1.82, 2.24) is 5.06 Å². The summed E-state index contributed by atoms with van der Waals surface area (Å²) >= 11 is 0. The van der Waals surface area contributed by atoms with Crippen LogP contribution in [0.4, 0.5) is 0 Å². The molecule has 4 N–H and O–H groups in total. The number of halogens is 1. The minimum absolute atomic E-state index is 0. The zero-order chi connectivity index (χ0) is 15.5. The van der Waals surface area contributed by atoms with Gasteiger partial charge in [0.1, 0.15) is 5.75 Å². The molecule has 0 spiro atoms. The highest BCUT2D eigenvalue weighted by molar-refractivity contribution is 8.93. The highest BCUT2D eigenvalue weighted by Crippen LogP contribution is 2.20. The van der Waals surface area contributed by atoms with Crippen molar-refractivity contribution >= 4 is 28.9 Å². The molecule has 0 atom stereocenters. The van der Waals surface area contributed by atoms with Crippen LogP contribution in [0.25, 0.3) is 0 Å². The maximum absolute atomic E-state index is 5.84. The first-order valence-corrected chi connectivity index (χ1v) is 6.68. The number of hydrogen-bond acceptors (Lipinski definition) is 7. The molecule has 0 saturated heterocycles. The predicted octanol–water partition coefficient (Wildman–Crippen LogP) is 1.43. The lowest BCUT2D eigenvalue weighted by atomic mass is 10.1. The molecule has 0 saturated carbocycles. The number of nitrogens with two attached hydrogens (primary N) is 2.